The molecule has 2 aliphatic rings. The summed E-state index contributed by atoms with van der Waals surface area (Å²) in [5, 5.41) is 3.68. The molecule has 2 fully saturated rings. The molecule has 0 aromatic carbocycles. The Kier molecular flexibility index (Phi) is 6.41. The summed E-state index contributed by atoms with van der Waals surface area (Å²) in [6.07, 6.45) is 17.8. The van der Waals surface area contributed by atoms with Crippen LogP contribution in [0.25, 0.3) is 0 Å². The third kappa shape index (κ3) is 5.42. The largest absolute Gasteiger partial charge is 0.317 e. The SMILES string of the molecule is C1CCC(CCNCCC2CCCCC2)CC1. The lowest BCUT2D eigenvalue weighted by Gasteiger charge is -2.23. The standard InChI is InChI=1S/C16H31N/c1-3-7-15(8-4-1)11-13-17-14-12-16-9-5-2-6-10-16/h15-17H,1-14H2. The van der Waals surface area contributed by atoms with Crippen molar-refractivity contribution < 1.29 is 0 Å². The van der Waals surface area contributed by atoms with E-state index in [1.165, 1.54) is 90.1 Å². The van der Waals surface area contributed by atoms with E-state index in [1.54, 1.807) is 0 Å². The van der Waals surface area contributed by atoms with E-state index in [0.717, 1.165) is 11.8 Å². The second kappa shape index (κ2) is 8.13. The lowest BCUT2D eigenvalue weighted by Crippen LogP contribution is -2.22. The van der Waals surface area contributed by atoms with Crippen molar-refractivity contribution in [3.63, 3.8) is 0 Å². The van der Waals surface area contributed by atoms with Crippen LogP contribution in [0.5, 0.6) is 0 Å². The summed E-state index contributed by atoms with van der Waals surface area (Å²) in [6.45, 7) is 2.55. The van der Waals surface area contributed by atoms with E-state index in [9.17, 15) is 0 Å². The van der Waals surface area contributed by atoms with E-state index in [1.807, 2.05) is 0 Å². The van der Waals surface area contributed by atoms with E-state index >= 15 is 0 Å². The molecule has 1 N–H and O–H groups in total. The van der Waals surface area contributed by atoms with Gasteiger partial charge >= 0.3 is 0 Å². The molecule has 2 saturated carbocycles. The molecular formula is C16H31N. The van der Waals surface area contributed by atoms with Crippen molar-refractivity contribution in [2.75, 3.05) is 13.1 Å². The Hall–Kier alpha value is -0.0400. The summed E-state index contributed by atoms with van der Waals surface area (Å²) in [5.41, 5.74) is 0. The Morgan fingerprint density at radius 2 is 1.00 bits per heavy atom. The molecule has 0 heterocycles. The fourth-order valence-electron chi connectivity index (χ4n) is 3.69. The van der Waals surface area contributed by atoms with Crippen LogP contribution in [0.4, 0.5) is 0 Å². The van der Waals surface area contributed by atoms with Crippen LogP contribution in [0.1, 0.15) is 77.0 Å². The summed E-state index contributed by atoms with van der Waals surface area (Å²) in [5.74, 6) is 2.09. The zero-order chi connectivity index (χ0) is 11.8. The summed E-state index contributed by atoms with van der Waals surface area (Å²) < 4.78 is 0. The molecule has 0 unspecified atom stereocenters. The monoisotopic (exact) mass is 237 g/mol. The van der Waals surface area contributed by atoms with Gasteiger partial charge in [-0.25, -0.2) is 0 Å². The molecule has 0 aliphatic heterocycles. The molecule has 1 heteroatoms. The molecule has 0 aromatic heterocycles. The number of hydrogen-bond donors (Lipinski definition) is 1. The summed E-state index contributed by atoms with van der Waals surface area (Å²) >= 11 is 0. The van der Waals surface area contributed by atoms with Crippen molar-refractivity contribution in [1.82, 2.24) is 5.32 Å². The van der Waals surface area contributed by atoms with Crippen LogP contribution >= 0.6 is 0 Å². The van der Waals surface area contributed by atoms with Crippen LogP contribution in [-0.4, -0.2) is 13.1 Å². The minimum atomic E-state index is 1.05. The van der Waals surface area contributed by atoms with Crippen molar-refractivity contribution in [1.29, 1.82) is 0 Å². The molecule has 0 atom stereocenters. The van der Waals surface area contributed by atoms with Crippen LogP contribution in [0, 0.1) is 11.8 Å². The lowest BCUT2D eigenvalue weighted by atomic mass is 9.86. The number of rotatable bonds is 6. The second-order valence-corrected chi connectivity index (χ2v) is 6.34. The molecular weight excluding hydrogens is 206 g/mol. The van der Waals surface area contributed by atoms with Gasteiger partial charge in [0.2, 0.25) is 0 Å². The second-order valence-electron chi connectivity index (χ2n) is 6.34. The van der Waals surface area contributed by atoms with Gasteiger partial charge in [0.05, 0.1) is 0 Å². The Balaban J connectivity index is 1.42. The molecule has 2 aliphatic carbocycles. The molecule has 0 radical (unpaired) electrons. The lowest BCUT2D eigenvalue weighted by molar-refractivity contribution is 0.317. The van der Waals surface area contributed by atoms with Crippen molar-refractivity contribution >= 4 is 0 Å². The molecule has 0 saturated heterocycles. The topological polar surface area (TPSA) is 12.0 Å². The first-order valence-electron chi connectivity index (χ1n) is 8.16. The van der Waals surface area contributed by atoms with E-state index in [4.69, 9.17) is 0 Å². The van der Waals surface area contributed by atoms with Gasteiger partial charge in [0.25, 0.3) is 0 Å². The molecule has 2 rings (SSSR count). The first kappa shape index (κ1) is 13.4. The normalized spacial score (nSPS) is 24.0. The predicted molar refractivity (Wildman–Crippen MR) is 75.3 cm³/mol. The maximum atomic E-state index is 3.68. The molecule has 0 amide bonds. The Labute approximate surface area is 108 Å². The van der Waals surface area contributed by atoms with Crippen molar-refractivity contribution in [2.45, 2.75) is 77.0 Å². The minimum absolute atomic E-state index is 1.05. The van der Waals surface area contributed by atoms with Crippen LogP contribution < -0.4 is 5.32 Å². The van der Waals surface area contributed by atoms with Gasteiger partial charge in [-0.15, -0.1) is 0 Å². The Morgan fingerprint density at radius 3 is 1.41 bits per heavy atom. The van der Waals surface area contributed by atoms with Gasteiger partial charge in [0.15, 0.2) is 0 Å². The van der Waals surface area contributed by atoms with Crippen LogP contribution in [-0.2, 0) is 0 Å². The van der Waals surface area contributed by atoms with E-state index < -0.39 is 0 Å². The maximum Gasteiger partial charge on any atom is -0.00463 e. The van der Waals surface area contributed by atoms with Gasteiger partial charge in [-0.1, -0.05) is 64.2 Å². The first-order valence-corrected chi connectivity index (χ1v) is 8.16. The van der Waals surface area contributed by atoms with Gasteiger partial charge in [0.1, 0.15) is 0 Å². The number of hydrogen-bond acceptors (Lipinski definition) is 1. The van der Waals surface area contributed by atoms with Gasteiger partial charge in [-0.2, -0.15) is 0 Å². The molecule has 0 bridgehead atoms. The van der Waals surface area contributed by atoms with Gasteiger partial charge in [0, 0.05) is 0 Å². The van der Waals surface area contributed by atoms with E-state index in [2.05, 4.69) is 5.32 Å². The summed E-state index contributed by atoms with van der Waals surface area (Å²) in [6, 6.07) is 0. The fraction of sp³-hybridized carbons (Fsp3) is 1.00. The van der Waals surface area contributed by atoms with Crippen molar-refractivity contribution in [2.24, 2.45) is 11.8 Å². The molecule has 1 nitrogen and oxygen atoms in total. The Morgan fingerprint density at radius 1 is 0.588 bits per heavy atom. The predicted octanol–water partition coefficient (Wildman–Crippen LogP) is 4.52. The average Bonchev–Trinajstić information content (AvgIpc) is 2.41. The zero-order valence-electron chi connectivity index (χ0n) is 11.6. The quantitative estimate of drug-likeness (QED) is 0.670. The van der Waals surface area contributed by atoms with Crippen molar-refractivity contribution in [3.05, 3.63) is 0 Å². The zero-order valence-corrected chi connectivity index (χ0v) is 11.6. The van der Waals surface area contributed by atoms with Crippen LogP contribution in [0.2, 0.25) is 0 Å². The molecule has 0 spiro atoms. The highest BCUT2D eigenvalue weighted by Gasteiger charge is 2.14. The minimum Gasteiger partial charge on any atom is -0.317 e. The molecule has 17 heavy (non-hydrogen) atoms. The van der Waals surface area contributed by atoms with E-state index in [0.29, 0.717) is 0 Å². The van der Waals surface area contributed by atoms with Gasteiger partial charge in [-0.3, -0.25) is 0 Å². The van der Waals surface area contributed by atoms with Gasteiger partial charge < -0.3 is 5.32 Å². The molecule has 0 aromatic rings. The fourth-order valence-corrected chi connectivity index (χ4v) is 3.69. The smallest absolute Gasteiger partial charge is 0.00463 e. The average molecular weight is 237 g/mol. The maximum absolute atomic E-state index is 3.68. The van der Waals surface area contributed by atoms with Crippen molar-refractivity contribution in [3.8, 4) is 0 Å². The highest BCUT2D eigenvalue weighted by Crippen LogP contribution is 2.26. The third-order valence-electron chi connectivity index (χ3n) is 4.91. The highest BCUT2D eigenvalue weighted by atomic mass is 14.8. The number of nitrogens with one attached hydrogen (secondary N) is 1. The van der Waals surface area contributed by atoms with Gasteiger partial charge in [-0.05, 0) is 37.8 Å². The third-order valence-corrected chi connectivity index (χ3v) is 4.91. The summed E-state index contributed by atoms with van der Waals surface area (Å²) in [7, 11) is 0. The Bertz CT molecular complexity index is 158. The first-order chi connectivity index (χ1) is 8.45. The summed E-state index contributed by atoms with van der Waals surface area (Å²) in [4.78, 5) is 0. The molecule has 100 valence electrons. The highest BCUT2D eigenvalue weighted by molar-refractivity contribution is 4.69. The van der Waals surface area contributed by atoms with E-state index in [-0.39, 0.29) is 0 Å². The van der Waals surface area contributed by atoms with Crippen LogP contribution in [0.3, 0.4) is 0 Å². The van der Waals surface area contributed by atoms with Crippen LogP contribution in [0.15, 0.2) is 0 Å².